The molecule has 0 amide bonds. The molecule has 1 aliphatic heterocycles. The van der Waals surface area contributed by atoms with Gasteiger partial charge >= 0.3 is 18.0 Å². The van der Waals surface area contributed by atoms with Crippen molar-refractivity contribution in [1.82, 2.24) is 9.97 Å². The maximum Gasteiger partial charge on any atom is 0.515 e. The molecule has 156 valence electrons. The molecule has 1 aliphatic rings. The van der Waals surface area contributed by atoms with E-state index in [9.17, 15) is 18.4 Å². The molecule has 1 aromatic heterocycles. The van der Waals surface area contributed by atoms with E-state index in [2.05, 4.69) is 14.7 Å². The minimum Gasteiger partial charge on any atom is -0.461 e. The lowest BCUT2D eigenvalue weighted by molar-refractivity contribution is -0.174. The number of aromatic nitrogens is 2. The average Bonchev–Trinajstić information content (AvgIpc) is 2.60. The van der Waals surface area contributed by atoms with Gasteiger partial charge in [-0.05, 0) is 27.7 Å². The number of alkyl halides is 2. The summed E-state index contributed by atoms with van der Waals surface area (Å²) >= 11 is 0. The van der Waals surface area contributed by atoms with Crippen LogP contribution in [0.2, 0.25) is 0 Å². The van der Waals surface area contributed by atoms with E-state index in [-0.39, 0.29) is 12.4 Å². The predicted octanol–water partition coefficient (Wildman–Crippen LogP) is 2.28. The van der Waals surface area contributed by atoms with Gasteiger partial charge in [0.25, 0.3) is 0 Å². The maximum atomic E-state index is 14.5. The number of carbonyl (C=O) groups is 2. The second-order valence-corrected chi connectivity index (χ2v) is 6.85. The number of nitrogens with zero attached hydrogens (tertiary/aromatic N) is 3. The summed E-state index contributed by atoms with van der Waals surface area (Å²) < 4.78 is 48.5. The molecule has 2 heterocycles. The van der Waals surface area contributed by atoms with Crippen molar-refractivity contribution in [2.24, 2.45) is 0 Å². The van der Waals surface area contributed by atoms with Crippen LogP contribution in [-0.2, 0) is 24.9 Å². The highest BCUT2D eigenvalue weighted by Crippen LogP contribution is 2.30. The van der Waals surface area contributed by atoms with Crippen molar-refractivity contribution in [3.63, 3.8) is 0 Å². The zero-order valence-electron chi connectivity index (χ0n) is 16.2. The Labute approximate surface area is 160 Å². The highest BCUT2D eigenvalue weighted by molar-refractivity contribution is 5.78. The minimum atomic E-state index is -4.12. The van der Waals surface area contributed by atoms with Crippen LogP contribution in [-0.4, -0.2) is 60.6 Å². The van der Waals surface area contributed by atoms with E-state index in [1.807, 2.05) is 0 Å². The lowest BCUT2D eigenvalue weighted by atomic mass is 10.2. The molecule has 0 spiro atoms. The monoisotopic (exact) mass is 403 g/mol. The van der Waals surface area contributed by atoms with Gasteiger partial charge in [0, 0.05) is 19.2 Å². The van der Waals surface area contributed by atoms with E-state index in [1.54, 1.807) is 25.7 Å². The summed E-state index contributed by atoms with van der Waals surface area (Å²) in [5.74, 6) is -7.45. The summed E-state index contributed by atoms with van der Waals surface area (Å²) in [6.45, 7) is 7.52. The second kappa shape index (κ2) is 8.63. The largest absolute Gasteiger partial charge is 0.515 e. The third-order valence-electron chi connectivity index (χ3n) is 3.41. The molecule has 0 aromatic carbocycles. The molecule has 1 aromatic rings. The molecular formula is C17H23F2N3O6. The van der Waals surface area contributed by atoms with E-state index in [0.717, 1.165) is 0 Å². The Balaban J connectivity index is 2.38. The zero-order valence-corrected chi connectivity index (χ0v) is 16.2. The van der Waals surface area contributed by atoms with Crippen LogP contribution in [0, 0.1) is 0 Å². The first-order valence-corrected chi connectivity index (χ1v) is 8.71. The highest BCUT2D eigenvalue weighted by atomic mass is 19.3. The first-order valence-electron chi connectivity index (χ1n) is 8.71. The summed E-state index contributed by atoms with van der Waals surface area (Å²) in [5, 5.41) is 0. The van der Waals surface area contributed by atoms with Crippen LogP contribution >= 0.6 is 0 Å². The Kier molecular flexibility index (Phi) is 6.70. The molecule has 28 heavy (non-hydrogen) atoms. The highest BCUT2D eigenvalue weighted by Gasteiger charge is 2.47. The number of ether oxygens (including phenoxy) is 4. The number of morpholine rings is 1. The summed E-state index contributed by atoms with van der Waals surface area (Å²) in [5.41, 5.74) is -0.852. The molecular weight excluding hydrogens is 380 g/mol. The maximum absolute atomic E-state index is 14.5. The fourth-order valence-corrected chi connectivity index (χ4v) is 2.23. The summed E-state index contributed by atoms with van der Waals surface area (Å²) in [7, 11) is 0. The van der Waals surface area contributed by atoms with Crippen LogP contribution in [0.15, 0.2) is 6.07 Å². The smallest absolute Gasteiger partial charge is 0.461 e. The van der Waals surface area contributed by atoms with E-state index in [1.165, 1.54) is 13.0 Å². The van der Waals surface area contributed by atoms with E-state index in [0.29, 0.717) is 26.3 Å². The molecule has 0 atom stereocenters. The van der Waals surface area contributed by atoms with Crippen LogP contribution in [0.25, 0.3) is 0 Å². The molecule has 1 fully saturated rings. The average molecular weight is 403 g/mol. The Bertz CT molecular complexity index is 717. The Morgan fingerprint density at radius 2 is 1.86 bits per heavy atom. The normalized spacial score (nSPS) is 15.1. The number of anilines is 1. The Hall–Kier alpha value is -2.56. The van der Waals surface area contributed by atoms with Crippen molar-refractivity contribution in [2.45, 2.75) is 39.2 Å². The standard InChI is InChI=1S/C17H23F2N3O6/c1-5-26-14(23)17(18,19)13-20-11(22-6-8-25-9-7-22)10-12(21-13)27-15(24)28-16(2,3)4/h10H,5-9H2,1-4H3. The molecule has 2 rings (SSSR count). The van der Waals surface area contributed by atoms with Gasteiger partial charge in [-0.15, -0.1) is 0 Å². The summed E-state index contributed by atoms with van der Waals surface area (Å²) in [6, 6.07) is 1.22. The summed E-state index contributed by atoms with van der Waals surface area (Å²) in [4.78, 5) is 32.5. The Morgan fingerprint density at radius 3 is 2.43 bits per heavy atom. The van der Waals surface area contributed by atoms with Crippen molar-refractivity contribution in [3.8, 4) is 5.88 Å². The number of halogens is 2. The van der Waals surface area contributed by atoms with Crippen LogP contribution in [0.3, 0.4) is 0 Å². The molecule has 0 unspecified atom stereocenters. The van der Waals surface area contributed by atoms with Crippen molar-refractivity contribution < 1.29 is 37.3 Å². The van der Waals surface area contributed by atoms with Crippen molar-refractivity contribution in [1.29, 1.82) is 0 Å². The molecule has 0 saturated carbocycles. The van der Waals surface area contributed by atoms with Gasteiger partial charge in [0.1, 0.15) is 11.4 Å². The third kappa shape index (κ3) is 5.72. The van der Waals surface area contributed by atoms with Gasteiger partial charge in [-0.3, -0.25) is 0 Å². The SMILES string of the molecule is CCOC(=O)C(F)(F)c1nc(OC(=O)OC(C)(C)C)cc(N2CCOCC2)n1. The van der Waals surface area contributed by atoms with Crippen LogP contribution in [0.1, 0.15) is 33.5 Å². The fraction of sp³-hybridized carbons (Fsp3) is 0.647. The third-order valence-corrected chi connectivity index (χ3v) is 3.41. The van der Waals surface area contributed by atoms with Crippen LogP contribution in [0.5, 0.6) is 5.88 Å². The lowest BCUT2D eigenvalue weighted by Gasteiger charge is -2.28. The van der Waals surface area contributed by atoms with E-state index in [4.69, 9.17) is 14.2 Å². The number of rotatable bonds is 5. The lowest BCUT2D eigenvalue weighted by Crippen LogP contribution is -2.38. The molecule has 11 heteroatoms. The molecule has 0 bridgehead atoms. The molecule has 0 radical (unpaired) electrons. The first kappa shape index (κ1) is 21.7. The predicted molar refractivity (Wildman–Crippen MR) is 92.5 cm³/mol. The second-order valence-electron chi connectivity index (χ2n) is 6.85. The number of hydrogen-bond donors (Lipinski definition) is 0. The van der Waals surface area contributed by atoms with Crippen molar-refractivity contribution >= 4 is 17.9 Å². The molecule has 0 aliphatic carbocycles. The molecule has 9 nitrogen and oxygen atoms in total. The van der Waals surface area contributed by atoms with Gasteiger partial charge < -0.3 is 23.8 Å². The van der Waals surface area contributed by atoms with Crippen LogP contribution in [0.4, 0.5) is 19.4 Å². The number of esters is 1. The summed E-state index contributed by atoms with van der Waals surface area (Å²) in [6.07, 6.45) is -1.12. The van der Waals surface area contributed by atoms with Gasteiger partial charge in [0.05, 0.1) is 19.8 Å². The van der Waals surface area contributed by atoms with Gasteiger partial charge in [0.2, 0.25) is 11.7 Å². The molecule has 1 saturated heterocycles. The number of carbonyl (C=O) groups excluding carboxylic acids is 2. The van der Waals surface area contributed by atoms with Crippen molar-refractivity contribution in [2.75, 3.05) is 37.8 Å². The van der Waals surface area contributed by atoms with Gasteiger partial charge in [-0.25, -0.2) is 14.6 Å². The number of hydrogen-bond acceptors (Lipinski definition) is 9. The topological polar surface area (TPSA) is 100 Å². The van der Waals surface area contributed by atoms with E-state index < -0.39 is 35.4 Å². The van der Waals surface area contributed by atoms with Gasteiger partial charge in [-0.2, -0.15) is 13.8 Å². The minimum absolute atomic E-state index is 0.0656. The quantitative estimate of drug-likeness (QED) is 0.686. The van der Waals surface area contributed by atoms with Gasteiger partial charge in [-0.1, -0.05) is 0 Å². The van der Waals surface area contributed by atoms with Crippen LogP contribution < -0.4 is 9.64 Å². The Morgan fingerprint density at radius 1 is 1.21 bits per heavy atom. The van der Waals surface area contributed by atoms with Crippen molar-refractivity contribution in [3.05, 3.63) is 11.9 Å². The zero-order chi connectivity index (χ0) is 20.9. The first-order chi connectivity index (χ1) is 13.0. The molecule has 0 N–H and O–H groups in total. The van der Waals surface area contributed by atoms with Gasteiger partial charge in [0.15, 0.2) is 0 Å². The fourth-order valence-electron chi connectivity index (χ4n) is 2.23. The van der Waals surface area contributed by atoms with E-state index >= 15 is 0 Å².